The highest BCUT2D eigenvalue weighted by Crippen LogP contribution is 2.42. The first-order valence-corrected chi connectivity index (χ1v) is 8.33. The van der Waals surface area contributed by atoms with Gasteiger partial charge in [-0.3, -0.25) is 5.43 Å². The molecular weight excluding hydrogens is 330 g/mol. The summed E-state index contributed by atoms with van der Waals surface area (Å²) >= 11 is 6.25. The van der Waals surface area contributed by atoms with Gasteiger partial charge < -0.3 is 4.74 Å². The number of hydrogen-bond donors (Lipinski definition) is 2. The van der Waals surface area contributed by atoms with E-state index in [1.54, 1.807) is 0 Å². The molecule has 0 aromatic carbocycles. The number of ether oxygens (including phenoxy) is 1. The maximum Gasteiger partial charge on any atom is 0.422 e. The maximum atomic E-state index is 12.3. The quantitative estimate of drug-likeness (QED) is 0.811. The summed E-state index contributed by atoms with van der Waals surface area (Å²) in [6.45, 7) is 5.76. The van der Waals surface area contributed by atoms with Gasteiger partial charge in [-0.15, -0.1) is 0 Å². The first-order valence-electron chi connectivity index (χ1n) is 7.95. The summed E-state index contributed by atoms with van der Waals surface area (Å²) in [7, 11) is 0. The van der Waals surface area contributed by atoms with E-state index in [-0.39, 0.29) is 11.4 Å². The van der Waals surface area contributed by atoms with Crippen LogP contribution < -0.4 is 10.9 Å². The largest absolute Gasteiger partial charge is 0.435 e. The summed E-state index contributed by atoms with van der Waals surface area (Å²) in [6.07, 6.45) is 4.84. The van der Waals surface area contributed by atoms with Crippen molar-refractivity contribution in [1.29, 1.82) is 5.26 Å². The second kappa shape index (κ2) is 7.32. The number of nitrogens with zero attached hydrogens (tertiary/aromatic N) is 3. The Balaban J connectivity index is 2.27. The summed E-state index contributed by atoms with van der Waals surface area (Å²) < 4.78 is 5.74. The fourth-order valence-corrected chi connectivity index (χ4v) is 2.96. The predicted octanol–water partition coefficient (Wildman–Crippen LogP) is 3.19. The van der Waals surface area contributed by atoms with Gasteiger partial charge in [0.2, 0.25) is 5.82 Å². The van der Waals surface area contributed by atoms with Gasteiger partial charge in [-0.05, 0) is 46.5 Å². The normalized spacial score (nSPS) is 17.0. The third-order valence-electron chi connectivity index (χ3n) is 3.76. The zero-order valence-corrected chi connectivity index (χ0v) is 14.9. The van der Waals surface area contributed by atoms with Crippen molar-refractivity contribution in [2.75, 3.05) is 0 Å². The van der Waals surface area contributed by atoms with Gasteiger partial charge in [-0.1, -0.05) is 18.0 Å². The second-order valence-corrected chi connectivity index (χ2v) is 7.35. The van der Waals surface area contributed by atoms with Crippen LogP contribution in [0, 0.1) is 11.3 Å². The number of carbonyl (C=O) groups excluding carboxylic acids is 1. The molecule has 1 aromatic rings. The standard InChI is InChI=1S/C16H22ClN5O2/c1-15(2,3)22-21-14(23)24-16(7-5-4-6-8-16)13-11(17)10-19-12(9-18)20-13/h10,22H,4-8H2,1-3H3,(H,21,23). The lowest BCUT2D eigenvalue weighted by molar-refractivity contribution is -0.0271. The molecule has 1 amide bonds. The number of halogens is 1. The van der Waals surface area contributed by atoms with E-state index in [0.29, 0.717) is 23.6 Å². The van der Waals surface area contributed by atoms with E-state index in [1.165, 1.54) is 6.20 Å². The number of rotatable bonds is 3. The van der Waals surface area contributed by atoms with E-state index in [0.717, 1.165) is 19.3 Å². The Morgan fingerprint density at radius 1 is 1.38 bits per heavy atom. The van der Waals surface area contributed by atoms with E-state index in [9.17, 15) is 4.79 Å². The number of aromatic nitrogens is 2. The van der Waals surface area contributed by atoms with Crippen molar-refractivity contribution in [1.82, 2.24) is 20.8 Å². The van der Waals surface area contributed by atoms with Crippen LogP contribution in [0.2, 0.25) is 5.02 Å². The van der Waals surface area contributed by atoms with Gasteiger partial charge in [0, 0.05) is 5.54 Å². The topological polar surface area (TPSA) is 99.9 Å². The third-order valence-corrected chi connectivity index (χ3v) is 4.04. The van der Waals surface area contributed by atoms with E-state index < -0.39 is 11.7 Å². The van der Waals surface area contributed by atoms with Gasteiger partial charge in [0.15, 0.2) is 5.60 Å². The third kappa shape index (κ3) is 4.56. The molecule has 7 nitrogen and oxygen atoms in total. The Kier molecular flexibility index (Phi) is 5.62. The van der Waals surface area contributed by atoms with Gasteiger partial charge in [0.05, 0.1) is 11.2 Å². The molecule has 2 N–H and O–H groups in total. The zero-order valence-electron chi connectivity index (χ0n) is 14.1. The Labute approximate surface area is 146 Å². The predicted molar refractivity (Wildman–Crippen MR) is 89.0 cm³/mol. The molecule has 0 atom stereocenters. The molecule has 1 aromatic heterocycles. The van der Waals surface area contributed by atoms with E-state index in [4.69, 9.17) is 21.6 Å². The van der Waals surface area contributed by atoms with Crippen LogP contribution in [0.1, 0.15) is 64.4 Å². The van der Waals surface area contributed by atoms with E-state index in [2.05, 4.69) is 20.8 Å². The van der Waals surface area contributed by atoms with Crippen molar-refractivity contribution in [3.8, 4) is 6.07 Å². The minimum Gasteiger partial charge on any atom is -0.435 e. The molecule has 2 rings (SSSR count). The maximum absolute atomic E-state index is 12.3. The van der Waals surface area contributed by atoms with Crippen molar-refractivity contribution in [2.24, 2.45) is 0 Å². The molecule has 8 heteroatoms. The van der Waals surface area contributed by atoms with Crippen LogP contribution in [0.25, 0.3) is 0 Å². The first kappa shape index (κ1) is 18.4. The highest BCUT2D eigenvalue weighted by Gasteiger charge is 2.41. The number of nitriles is 1. The number of carbonyl (C=O) groups is 1. The molecule has 1 heterocycles. The molecule has 1 saturated carbocycles. The Bertz CT molecular complexity index is 645. The summed E-state index contributed by atoms with van der Waals surface area (Å²) in [4.78, 5) is 20.3. The summed E-state index contributed by atoms with van der Waals surface area (Å²) in [6, 6.07) is 1.90. The fraction of sp³-hybridized carbons (Fsp3) is 0.625. The van der Waals surface area contributed by atoms with Crippen molar-refractivity contribution < 1.29 is 9.53 Å². The molecule has 0 saturated heterocycles. The van der Waals surface area contributed by atoms with Crippen LogP contribution in [0.3, 0.4) is 0 Å². The van der Waals surface area contributed by atoms with Crippen molar-refractivity contribution in [2.45, 2.75) is 64.0 Å². The van der Waals surface area contributed by atoms with Crippen molar-refractivity contribution in [3.63, 3.8) is 0 Å². The van der Waals surface area contributed by atoms with Gasteiger partial charge >= 0.3 is 6.09 Å². The number of hydrazine groups is 1. The second-order valence-electron chi connectivity index (χ2n) is 6.95. The van der Waals surface area contributed by atoms with Crippen LogP contribution in [0.15, 0.2) is 6.20 Å². The summed E-state index contributed by atoms with van der Waals surface area (Å²) in [5.41, 5.74) is 4.60. The molecule has 0 spiro atoms. The highest BCUT2D eigenvalue weighted by molar-refractivity contribution is 6.31. The molecular formula is C16H22ClN5O2. The Morgan fingerprint density at radius 3 is 2.62 bits per heavy atom. The lowest BCUT2D eigenvalue weighted by Gasteiger charge is -2.36. The molecule has 1 fully saturated rings. The summed E-state index contributed by atoms with van der Waals surface area (Å²) in [5.74, 6) is 0.0103. The van der Waals surface area contributed by atoms with Crippen LogP contribution in [0.4, 0.5) is 4.79 Å². The Hall–Kier alpha value is -1.91. The molecule has 0 radical (unpaired) electrons. The van der Waals surface area contributed by atoms with Crippen LogP contribution in [-0.2, 0) is 10.3 Å². The van der Waals surface area contributed by atoms with Gasteiger partial charge in [0.25, 0.3) is 0 Å². The van der Waals surface area contributed by atoms with Crippen molar-refractivity contribution >= 4 is 17.7 Å². The molecule has 24 heavy (non-hydrogen) atoms. The fourth-order valence-electron chi connectivity index (χ4n) is 2.69. The molecule has 0 bridgehead atoms. The Morgan fingerprint density at radius 2 is 2.04 bits per heavy atom. The smallest absolute Gasteiger partial charge is 0.422 e. The number of amides is 1. The molecule has 1 aliphatic carbocycles. The van der Waals surface area contributed by atoms with Gasteiger partial charge in [-0.25, -0.2) is 20.2 Å². The zero-order chi connectivity index (χ0) is 17.8. The average molecular weight is 352 g/mol. The van der Waals surface area contributed by atoms with E-state index in [1.807, 2.05) is 26.8 Å². The lowest BCUT2D eigenvalue weighted by atomic mass is 9.82. The lowest BCUT2D eigenvalue weighted by Crippen LogP contribution is -2.51. The van der Waals surface area contributed by atoms with Gasteiger partial charge in [-0.2, -0.15) is 5.26 Å². The minimum atomic E-state index is -0.937. The van der Waals surface area contributed by atoms with Crippen LogP contribution >= 0.6 is 11.6 Å². The highest BCUT2D eigenvalue weighted by atomic mass is 35.5. The molecule has 130 valence electrons. The average Bonchev–Trinajstić information content (AvgIpc) is 2.53. The SMILES string of the molecule is CC(C)(C)NNC(=O)OC1(c2nc(C#N)ncc2Cl)CCCCC1. The van der Waals surface area contributed by atoms with Crippen LogP contribution in [0.5, 0.6) is 0 Å². The van der Waals surface area contributed by atoms with Crippen LogP contribution in [-0.4, -0.2) is 21.6 Å². The monoisotopic (exact) mass is 351 g/mol. The molecule has 0 unspecified atom stereocenters. The number of hydrogen-bond acceptors (Lipinski definition) is 6. The number of nitrogens with one attached hydrogen (secondary N) is 2. The van der Waals surface area contributed by atoms with Gasteiger partial charge in [0.1, 0.15) is 11.8 Å². The first-order chi connectivity index (χ1) is 11.3. The van der Waals surface area contributed by atoms with Crippen molar-refractivity contribution in [3.05, 3.63) is 22.7 Å². The summed E-state index contributed by atoms with van der Waals surface area (Å²) in [5, 5.41) is 9.34. The molecule has 0 aliphatic heterocycles. The molecule has 1 aliphatic rings. The minimum absolute atomic E-state index is 0.0103. The van der Waals surface area contributed by atoms with E-state index >= 15 is 0 Å².